The molecular weight excluding hydrogens is 346 g/mol. The van der Waals surface area contributed by atoms with E-state index >= 15 is 0 Å². The van der Waals surface area contributed by atoms with E-state index in [1.165, 1.54) is 5.56 Å². The quantitative estimate of drug-likeness (QED) is 0.572. The van der Waals surface area contributed by atoms with Crippen molar-refractivity contribution < 1.29 is 0 Å². The largest absolute Gasteiger partial charge is 0.240 e. The van der Waals surface area contributed by atoms with E-state index in [1.54, 1.807) is 57.5 Å². The summed E-state index contributed by atoms with van der Waals surface area (Å²) in [5, 5.41) is 15.8. The molecule has 0 saturated heterocycles. The van der Waals surface area contributed by atoms with Gasteiger partial charge < -0.3 is 0 Å². The minimum Gasteiger partial charge on any atom is -0.240 e. The maximum absolute atomic E-state index is 4.67. The van der Waals surface area contributed by atoms with Gasteiger partial charge in [-0.1, -0.05) is 41.8 Å². The van der Waals surface area contributed by atoms with Crippen LogP contribution in [-0.4, -0.2) is 20.9 Å². The Balaban J connectivity index is 1.60. The first-order chi connectivity index (χ1) is 9.85. The van der Waals surface area contributed by atoms with Gasteiger partial charge in [0.1, 0.15) is 5.01 Å². The Kier molecular flexibility index (Phi) is 5.11. The van der Waals surface area contributed by atoms with Crippen LogP contribution < -0.4 is 0 Å². The van der Waals surface area contributed by atoms with Crippen LogP contribution >= 0.6 is 57.5 Å². The maximum Gasteiger partial charge on any atom is 0.175 e. The lowest BCUT2D eigenvalue weighted by molar-refractivity contribution is 0.954. The Morgan fingerprint density at radius 3 is 2.75 bits per heavy atom. The molecule has 0 N–H and O–H groups in total. The molecule has 0 aliphatic carbocycles. The normalized spacial score (nSPS) is 11.1. The monoisotopic (exact) mass is 357 g/mol. The van der Waals surface area contributed by atoms with Crippen molar-refractivity contribution in [2.75, 3.05) is 5.75 Å². The molecule has 0 radical (unpaired) electrons. The van der Waals surface area contributed by atoms with Crippen molar-refractivity contribution in [1.82, 2.24) is 15.2 Å². The van der Waals surface area contributed by atoms with Gasteiger partial charge in [-0.25, -0.2) is 4.98 Å². The fraction of sp³-hybridized carbons (Fsp3) is 0.250. The summed E-state index contributed by atoms with van der Waals surface area (Å²) < 4.78 is 2.07. The third-order valence-electron chi connectivity index (χ3n) is 2.32. The van der Waals surface area contributed by atoms with Crippen LogP contribution in [0.4, 0.5) is 0 Å². The Labute approximate surface area is 137 Å². The Bertz CT molecular complexity index is 658. The zero-order valence-electron chi connectivity index (χ0n) is 10.6. The lowest BCUT2D eigenvalue weighted by atomic mass is 10.4. The van der Waals surface area contributed by atoms with Crippen molar-refractivity contribution in [1.29, 1.82) is 0 Å². The van der Waals surface area contributed by atoms with Crippen molar-refractivity contribution in [2.45, 2.75) is 21.4 Å². The molecule has 0 saturated carbocycles. The van der Waals surface area contributed by atoms with Crippen LogP contribution in [0.1, 0.15) is 12.6 Å². The number of thiazole rings is 1. The Morgan fingerprint density at radius 1 is 1.15 bits per heavy atom. The fourth-order valence-corrected chi connectivity index (χ4v) is 5.91. The summed E-state index contributed by atoms with van der Waals surface area (Å²) in [5.41, 5.74) is 2.33. The van der Waals surface area contributed by atoms with Gasteiger partial charge in [-0.3, -0.25) is 0 Å². The first-order valence-corrected chi connectivity index (χ1v) is 10.5. The second kappa shape index (κ2) is 7.04. The zero-order chi connectivity index (χ0) is 13.8. The summed E-state index contributed by atoms with van der Waals surface area (Å²) in [6.45, 7) is 2.13. The topological polar surface area (TPSA) is 38.7 Å². The average molecular weight is 358 g/mol. The molecule has 3 aromatic rings. The molecule has 0 aromatic carbocycles. The number of hydrogen-bond donors (Lipinski definition) is 0. The molecule has 3 heterocycles. The smallest absolute Gasteiger partial charge is 0.175 e. The SMILES string of the molecule is CCSc1nnc(SCc2csc(-c3ccsc3)n2)s1. The van der Waals surface area contributed by atoms with Crippen molar-refractivity contribution in [3.8, 4) is 10.6 Å². The van der Waals surface area contributed by atoms with Gasteiger partial charge in [0, 0.05) is 22.1 Å². The lowest BCUT2D eigenvalue weighted by Crippen LogP contribution is -1.81. The van der Waals surface area contributed by atoms with Crippen molar-refractivity contribution in [2.24, 2.45) is 0 Å². The highest BCUT2D eigenvalue weighted by Crippen LogP contribution is 2.32. The molecule has 0 unspecified atom stereocenters. The van der Waals surface area contributed by atoms with Crippen LogP contribution in [0.3, 0.4) is 0 Å². The van der Waals surface area contributed by atoms with E-state index in [0.29, 0.717) is 0 Å². The van der Waals surface area contributed by atoms with Gasteiger partial charge >= 0.3 is 0 Å². The van der Waals surface area contributed by atoms with Crippen LogP contribution in [0.5, 0.6) is 0 Å². The van der Waals surface area contributed by atoms with Gasteiger partial charge in [0.05, 0.1) is 5.69 Å². The van der Waals surface area contributed by atoms with E-state index in [4.69, 9.17) is 0 Å². The van der Waals surface area contributed by atoms with E-state index in [-0.39, 0.29) is 0 Å². The molecule has 0 atom stereocenters. The molecule has 3 aromatic heterocycles. The van der Waals surface area contributed by atoms with E-state index in [0.717, 1.165) is 30.9 Å². The van der Waals surface area contributed by atoms with Crippen molar-refractivity contribution in [3.63, 3.8) is 0 Å². The molecule has 20 heavy (non-hydrogen) atoms. The molecule has 0 amide bonds. The highest BCUT2D eigenvalue weighted by Gasteiger charge is 2.08. The molecular formula is C12H11N3S5. The standard InChI is InChI=1S/C12H11N3S5/c1-2-17-11-14-15-12(20-11)19-7-9-6-18-10(13-9)8-3-4-16-5-8/h3-6H,2,7H2,1H3. The van der Waals surface area contributed by atoms with Gasteiger partial charge in [0.25, 0.3) is 0 Å². The van der Waals surface area contributed by atoms with Gasteiger partial charge in [0.15, 0.2) is 8.68 Å². The second-order valence-electron chi connectivity index (χ2n) is 3.71. The van der Waals surface area contributed by atoms with Crippen LogP contribution in [0.25, 0.3) is 10.6 Å². The van der Waals surface area contributed by atoms with Crippen molar-refractivity contribution >= 4 is 57.5 Å². The predicted octanol–water partition coefficient (Wildman–Crippen LogP) is 5.13. The van der Waals surface area contributed by atoms with Crippen LogP contribution in [0.15, 0.2) is 30.9 Å². The number of rotatable bonds is 6. The molecule has 0 aliphatic rings. The van der Waals surface area contributed by atoms with Gasteiger partial charge in [-0.05, 0) is 17.2 Å². The third-order valence-corrected chi connectivity index (χ3v) is 7.05. The number of nitrogens with zero attached hydrogens (tertiary/aromatic N) is 3. The van der Waals surface area contributed by atoms with E-state index < -0.39 is 0 Å². The Morgan fingerprint density at radius 2 is 2.00 bits per heavy atom. The van der Waals surface area contributed by atoms with E-state index in [1.807, 2.05) is 0 Å². The summed E-state index contributed by atoms with van der Waals surface area (Å²) in [7, 11) is 0. The van der Waals surface area contributed by atoms with Crippen LogP contribution in [0, 0.1) is 0 Å². The summed E-state index contributed by atoms with van der Waals surface area (Å²) >= 11 is 8.52. The molecule has 3 nitrogen and oxygen atoms in total. The third kappa shape index (κ3) is 3.62. The predicted molar refractivity (Wildman–Crippen MR) is 91.3 cm³/mol. The molecule has 8 heteroatoms. The number of hydrogen-bond acceptors (Lipinski definition) is 8. The molecule has 0 aliphatic heterocycles. The first-order valence-electron chi connectivity index (χ1n) is 5.91. The summed E-state index contributed by atoms with van der Waals surface area (Å²) in [4.78, 5) is 4.67. The molecule has 0 spiro atoms. The van der Waals surface area contributed by atoms with E-state index in [2.05, 4.69) is 44.3 Å². The van der Waals surface area contributed by atoms with E-state index in [9.17, 15) is 0 Å². The van der Waals surface area contributed by atoms with Gasteiger partial charge in [0.2, 0.25) is 0 Å². The highest BCUT2D eigenvalue weighted by atomic mass is 32.2. The minimum atomic E-state index is 0.853. The van der Waals surface area contributed by atoms with Crippen LogP contribution in [-0.2, 0) is 5.75 Å². The average Bonchev–Trinajstić information content (AvgIpc) is 3.18. The number of thiophene rings is 1. The fourth-order valence-electron chi connectivity index (χ4n) is 1.46. The highest BCUT2D eigenvalue weighted by molar-refractivity contribution is 8.02. The molecule has 104 valence electrons. The number of thioether (sulfide) groups is 2. The van der Waals surface area contributed by atoms with Crippen LogP contribution in [0.2, 0.25) is 0 Å². The molecule has 3 rings (SSSR count). The molecule has 0 fully saturated rings. The summed E-state index contributed by atoms with van der Waals surface area (Å²) in [5.74, 6) is 1.89. The zero-order valence-corrected chi connectivity index (χ0v) is 14.7. The molecule has 0 bridgehead atoms. The number of aromatic nitrogens is 3. The van der Waals surface area contributed by atoms with Gasteiger partial charge in [-0.2, -0.15) is 11.3 Å². The summed E-state index contributed by atoms with van der Waals surface area (Å²) in [6, 6.07) is 2.11. The first kappa shape index (κ1) is 14.5. The Hall–Kier alpha value is -0.410. The van der Waals surface area contributed by atoms with Crippen molar-refractivity contribution in [3.05, 3.63) is 27.9 Å². The maximum atomic E-state index is 4.67. The lowest BCUT2D eigenvalue weighted by Gasteiger charge is -1.92. The second-order valence-corrected chi connectivity index (χ2v) is 9.06. The van der Waals surface area contributed by atoms with Gasteiger partial charge in [-0.15, -0.1) is 21.5 Å². The summed E-state index contributed by atoms with van der Waals surface area (Å²) in [6.07, 6.45) is 0. The minimum absolute atomic E-state index is 0.853.